The standard InChI is InChI=1S/C17H34O2/c1-4-6-7-8-9-10-11-12-13-14-15-17(18)19-16(3)5-2/h16H,4-15H2,1-3H3. The van der Waals surface area contributed by atoms with E-state index < -0.39 is 0 Å². The molecule has 0 saturated carbocycles. The second-order valence-electron chi connectivity index (χ2n) is 5.64. The summed E-state index contributed by atoms with van der Waals surface area (Å²) in [6, 6.07) is 0. The molecule has 0 aliphatic rings. The van der Waals surface area contributed by atoms with Crippen LogP contribution in [0.3, 0.4) is 0 Å². The number of hydrogen-bond donors (Lipinski definition) is 0. The van der Waals surface area contributed by atoms with Gasteiger partial charge in [-0.3, -0.25) is 4.79 Å². The molecule has 19 heavy (non-hydrogen) atoms. The lowest BCUT2D eigenvalue weighted by atomic mass is 10.1. The lowest BCUT2D eigenvalue weighted by molar-refractivity contribution is -0.148. The average Bonchev–Trinajstić information content (AvgIpc) is 2.40. The Hall–Kier alpha value is -0.530. The Balaban J connectivity index is 3.16. The molecule has 2 nitrogen and oxygen atoms in total. The molecule has 0 aliphatic heterocycles. The molecular weight excluding hydrogens is 236 g/mol. The van der Waals surface area contributed by atoms with E-state index in [0.717, 1.165) is 12.8 Å². The Morgan fingerprint density at radius 1 is 0.842 bits per heavy atom. The van der Waals surface area contributed by atoms with Gasteiger partial charge in [0.15, 0.2) is 0 Å². The third-order valence-electron chi connectivity index (χ3n) is 3.64. The zero-order chi connectivity index (χ0) is 14.3. The molecular formula is C17H34O2. The summed E-state index contributed by atoms with van der Waals surface area (Å²) < 4.78 is 5.24. The van der Waals surface area contributed by atoms with E-state index in [-0.39, 0.29) is 12.1 Å². The van der Waals surface area contributed by atoms with Gasteiger partial charge in [0.2, 0.25) is 0 Å². The van der Waals surface area contributed by atoms with Crippen molar-refractivity contribution in [1.29, 1.82) is 0 Å². The molecule has 0 heterocycles. The van der Waals surface area contributed by atoms with Crippen LogP contribution in [0.4, 0.5) is 0 Å². The van der Waals surface area contributed by atoms with Gasteiger partial charge in [0, 0.05) is 6.42 Å². The Kier molecular flexibility index (Phi) is 13.5. The van der Waals surface area contributed by atoms with E-state index in [9.17, 15) is 4.79 Å². The van der Waals surface area contributed by atoms with Crippen molar-refractivity contribution in [2.24, 2.45) is 0 Å². The van der Waals surface area contributed by atoms with Gasteiger partial charge in [0.25, 0.3) is 0 Å². The topological polar surface area (TPSA) is 26.3 Å². The summed E-state index contributed by atoms with van der Waals surface area (Å²) in [6.07, 6.45) is 14.6. The smallest absolute Gasteiger partial charge is 0.306 e. The summed E-state index contributed by atoms with van der Waals surface area (Å²) in [4.78, 5) is 11.4. The number of esters is 1. The number of rotatable bonds is 13. The average molecular weight is 270 g/mol. The van der Waals surface area contributed by atoms with Crippen molar-refractivity contribution in [1.82, 2.24) is 0 Å². The highest BCUT2D eigenvalue weighted by molar-refractivity contribution is 5.69. The van der Waals surface area contributed by atoms with Gasteiger partial charge in [-0.2, -0.15) is 0 Å². The van der Waals surface area contributed by atoms with Crippen molar-refractivity contribution in [2.45, 2.75) is 104 Å². The first-order valence-corrected chi connectivity index (χ1v) is 8.40. The third kappa shape index (κ3) is 13.7. The van der Waals surface area contributed by atoms with Crippen molar-refractivity contribution in [3.05, 3.63) is 0 Å². The van der Waals surface area contributed by atoms with Gasteiger partial charge in [0.05, 0.1) is 6.10 Å². The maximum Gasteiger partial charge on any atom is 0.306 e. The van der Waals surface area contributed by atoms with Crippen molar-refractivity contribution in [2.75, 3.05) is 0 Å². The summed E-state index contributed by atoms with van der Waals surface area (Å²) in [5.41, 5.74) is 0. The largest absolute Gasteiger partial charge is 0.463 e. The number of carbonyl (C=O) groups is 1. The molecule has 1 unspecified atom stereocenters. The molecule has 0 saturated heterocycles. The maximum atomic E-state index is 11.4. The van der Waals surface area contributed by atoms with Gasteiger partial charge >= 0.3 is 5.97 Å². The van der Waals surface area contributed by atoms with E-state index in [1.807, 2.05) is 13.8 Å². The second-order valence-corrected chi connectivity index (χ2v) is 5.64. The molecule has 0 amide bonds. The minimum atomic E-state index is -0.0195. The first-order chi connectivity index (χ1) is 9.20. The number of unbranched alkanes of at least 4 members (excludes halogenated alkanes) is 9. The third-order valence-corrected chi connectivity index (χ3v) is 3.64. The molecule has 114 valence electrons. The molecule has 0 radical (unpaired) electrons. The highest BCUT2D eigenvalue weighted by atomic mass is 16.5. The van der Waals surface area contributed by atoms with Gasteiger partial charge in [0.1, 0.15) is 0 Å². The molecule has 0 spiro atoms. The maximum absolute atomic E-state index is 11.4. The van der Waals surface area contributed by atoms with Crippen molar-refractivity contribution in [3.63, 3.8) is 0 Å². The van der Waals surface area contributed by atoms with Crippen LogP contribution in [0.5, 0.6) is 0 Å². The molecule has 0 rings (SSSR count). The summed E-state index contributed by atoms with van der Waals surface area (Å²) in [5, 5.41) is 0. The van der Waals surface area contributed by atoms with Crippen molar-refractivity contribution < 1.29 is 9.53 Å². The van der Waals surface area contributed by atoms with Gasteiger partial charge in [-0.25, -0.2) is 0 Å². The van der Waals surface area contributed by atoms with E-state index in [4.69, 9.17) is 4.74 Å². The molecule has 2 heteroatoms. The zero-order valence-electron chi connectivity index (χ0n) is 13.4. The van der Waals surface area contributed by atoms with Crippen LogP contribution < -0.4 is 0 Å². The van der Waals surface area contributed by atoms with Crippen LogP contribution in [0.1, 0.15) is 97.8 Å². The normalized spacial score (nSPS) is 12.4. The minimum absolute atomic E-state index is 0.0195. The lowest BCUT2D eigenvalue weighted by Gasteiger charge is -2.10. The Bertz CT molecular complexity index is 201. The number of carbonyl (C=O) groups excluding carboxylic acids is 1. The highest BCUT2D eigenvalue weighted by Crippen LogP contribution is 2.11. The fraction of sp³-hybridized carbons (Fsp3) is 0.941. The molecule has 0 N–H and O–H groups in total. The highest BCUT2D eigenvalue weighted by Gasteiger charge is 2.06. The fourth-order valence-electron chi connectivity index (χ4n) is 2.12. The van der Waals surface area contributed by atoms with Crippen LogP contribution in [0.15, 0.2) is 0 Å². The van der Waals surface area contributed by atoms with Gasteiger partial charge < -0.3 is 4.74 Å². The predicted molar refractivity (Wildman–Crippen MR) is 82.3 cm³/mol. The van der Waals surface area contributed by atoms with Crippen LogP contribution in [-0.2, 0) is 9.53 Å². The van der Waals surface area contributed by atoms with E-state index in [1.54, 1.807) is 0 Å². The summed E-state index contributed by atoms with van der Waals surface area (Å²) in [6.45, 7) is 6.25. The van der Waals surface area contributed by atoms with Crippen LogP contribution in [0.2, 0.25) is 0 Å². The molecule has 1 atom stereocenters. The van der Waals surface area contributed by atoms with Gasteiger partial charge in [-0.15, -0.1) is 0 Å². The molecule has 0 aliphatic carbocycles. The van der Waals surface area contributed by atoms with Crippen LogP contribution in [0, 0.1) is 0 Å². The van der Waals surface area contributed by atoms with Gasteiger partial charge in [-0.1, -0.05) is 71.6 Å². The Morgan fingerprint density at radius 2 is 1.32 bits per heavy atom. The van der Waals surface area contributed by atoms with Crippen LogP contribution in [-0.4, -0.2) is 12.1 Å². The first kappa shape index (κ1) is 18.5. The number of hydrogen-bond acceptors (Lipinski definition) is 2. The molecule has 0 aromatic carbocycles. The Labute approximate surface area is 120 Å². The predicted octanol–water partition coefficient (Wildman–Crippen LogP) is 5.64. The summed E-state index contributed by atoms with van der Waals surface area (Å²) in [7, 11) is 0. The number of ether oxygens (including phenoxy) is 1. The van der Waals surface area contributed by atoms with Crippen LogP contribution in [0.25, 0.3) is 0 Å². The quantitative estimate of drug-likeness (QED) is 0.320. The van der Waals surface area contributed by atoms with Crippen molar-refractivity contribution in [3.8, 4) is 0 Å². The van der Waals surface area contributed by atoms with Gasteiger partial charge in [-0.05, 0) is 19.8 Å². The summed E-state index contributed by atoms with van der Waals surface area (Å²) >= 11 is 0. The zero-order valence-corrected chi connectivity index (χ0v) is 13.4. The van der Waals surface area contributed by atoms with E-state index >= 15 is 0 Å². The minimum Gasteiger partial charge on any atom is -0.463 e. The van der Waals surface area contributed by atoms with Crippen LogP contribution >= 0.6 is 0 Å². The molecule has 0 bridgehead atoms. The first-order valence-electron chi connectivity index (χ1n) is 8.40. The monoisotopic (exact) mass is 270 g/mol. The molecule has 0 aromatic heterocycles. The lowest BCUT2D eigenvalue weighted by Crippen LogP contribution is -2.13. The summed E-state index contributed by atoms with van der Waals surface area (Å²) in [5.74, 6) is -0.0195. The molecule has 0 aromatic rings. The SMILES string of the molecule is CCCCCCCCCCCCC(=O)OC(C)CC. The molecule has 0 fully saturated rings. The van der Waals surface area contributed by atoms with Crippen molar-refractivity contribution >= 4 is 5.97 Å². The van der Waals surface area contributed by atoms with E-state index in [1.165, 1.54) is 57.8 Å². The fourth-order valence-corrected chi connectivity index (χ4v) is 2.12. The second kappa shape index (κ2) is 13.9. The Morgan fingerprint density at radius 3 is 1.79 bits per heavy atom. The van der Waals surface area contributed by atoms with E-state index in [2.05, 4.69) is 6.92 Å². The van der Waals surface area contributed by atoms with E-state index in [0.29, 0.717) is 6.42 Å².